The Labute approximate surface area is 165 Å². The third-order valence-corrected chi connectivity index (χ3v) is 7.39. The first-order valence-electron chi connectivity index (χ1n) is 9.32. The number of carbonyl (C=O) groups is 1. The lowest BCUT2D eigenvalue weighted by Gasteiger charge is -2.34. The lowest BCUT2D eigenvalue weighted by Crippen LogP contribution is -3.16. The number of nitrogens with zero attached hydrogens (tertiary/aromatic N) is 1. The molecule has 0 spiro atoms. The normalized spacial score (nSPS) is 25.3. The van der Waals surface area contributed by atoms with Crippen LogP contribution >= 0.6 is 11.6 Å². The molecule has 9 heteroatoms. The molecule has 2 fully saturated rings. The first kappa shape index (κ1) is 20.2. The minimum atomic E-state index is -3.14. The van der Waals surface area contributed by atoms with Crippen molar-refractivity contribution in [1.82, 2.24) is 5.32 Å². The van der Waals surface area contributed by atoms with E-state index in [0.717, 1.165) is 37.6 Å². The second-order valence-corrected chi connectivity index (χ2v) is 9.80. The summed E-state index contributed by atoms with van der Waals surface area (Å²) < 4.78 is 28.9. The van der Waals surface area contributed by atoms with Crippen molar-refractivity contribution < 1.29 is 22.8 Å². The first-order valence-corrected chi connectivity index (χ1v) is 11.6. The predicted molar refractivity (Wildman–Crippen MR) is 106 cm³/mol. The molecule has 0 aliphatic carbocycles. The summed E-state index contributed by atoms with van der Waals surface area (Å²) in [6.07, 6.45) is 0. The van der Waals surface area contributed by atoms with Crippen LogP contribution in [0.15, 0.2) is 24.3 Å². The number of hydrogen-bond acceptors (Lipinski definition) is 5. The molecule has 2 N–H and O–H groups in total. The Morgan fingerprint density at radius 2 is 2.00 bits per heavy atom. The summed E-state index contributed by atoms with van der Waals surface area (Å²) in [5, 5.41) is 2.25. The van der Waals surface area contributed by atoms with Gasteiger partial charge in [-0.2, -0.15) is 0 Å². The van der Waals surface area contributed by atoms with Crippen LogP contribution < -0.4 is 19.9 Å². The fraction of sp³-hybridized carbons (Fsp3) is 0.611. The van der Waals surface area contributed by atoms with Crippen molar-refractivity contribution in [1.29, 1.82) is 0 Å². The number of nitrogens with one attached hydrogen (secondary N) is 2. The lowest BCUT2D eigenvalue weighted by atomic mass is 10.2. The zero-order chi connectivity index (χ0) is 19.4. The Hall–Kier alpha value is -1.51. The second kappa shape index (κ2) is 8.67. The molecule has 2 atom stereocenters. The number of halogens is 1. The van der Waals surface area contributed by atoms with E-state index in [4.69, 9.17) is 16.3 Å². The number of hydrogen-bond donors (Lipinski definition) is 2. The van der Waals surface area contributed by atoms with Crippen LogP contribution in [0.4, 0.5) is 5.69 Å². The highest BCUT2D eigenvalue weighted by atomic mass is 35.5. The Kier molecular flexibility index (Phi) is 6.49. The molecule has 2 saturated heterocycles. The van der Waals surface area contributed by atoms with Crippen LogP contribution in [0.5, 0.6) is 5.75 Å². The highest BCUT2D eigenvalue weighted by Gasteiger charge is 2.37. The summed E-state index contributed by atoms with van der Waals surface area (Å²) in [5.74, 6) is 0.617. The van der Waals surface area contributed by atoms with Gasteiger partial charge in [-0.05, 0) is 19.1 Å². The van der Waals surface area contributed by atoms with E-state index in [0.29, 0.717) is 13.2 Å². The zero-order valence-electron chi connectivity index (χ0n) is 15.5. The minimum absolute atomic E-state index is 0.0652. The van der Waals surface area contributed by atoms with Gasteiger partial charge < -0.3 is 19.9 Å². The Balaban J connectivity index is 1.49. The number of ether oxygens (including phenoxy) is 1. The number of carbonyl (C=O) groups excluding carboxylic acids is 1. The number of quaternary nitrogens is 1. The van der Waals surface area contributed by atoms with E-state index in [2.05, 4.69) is 16.3 Å². The molecular formula is C18H27ClN3O4S+. The molecule has 7 nitrogen and oxygen atoms in total. The first-order chi connectivity index (χ1) is 12.9. The van der Waals surface area contributed by atoms with Gasteiger partial charge in [0.2, 0.25) is 0 Å². The highest BCUT2D eigenvalue weighted by Crippen LogP contribution is 2.27. The standard InChI is InChI=1S/C18H26ClN3O4S/c1-2-26-17-6-4-3-5-16(17)22-9-7-21(8-10-22)11-18(23)20-15-13-27(24,25)12-14(15)19/h3-6,14-15H,2,7-13H2,1H3,(H,20,23)/p+1/t14-,15-/m1/s1. The maximum Gasteiger partial charge on any atom is 0.275 e. The van der Waals surface area contributed by atoms with Gasteiger partial charge >= 0.3 is 0 Å². The fourth-order valence-electron chi connectivity index (χ4n) is 3.66. The molecule has 0 saturated carbocycles. The van der Waals surface area contributed by atoms with Crippen molar-refractivity contribution in [2.75, 3.05) is 55.7 Å². The van der Waals surface area contributed by atoms with Crippen LogP contribution in [-0.4, -0.2) is 76.6 Å². The van der Waals surface area contributed by atoms with Gasteiger partial charge in [0.15, 0.2) is 16.4 Å². The summed E-state index contributed by atoms with van der Waals surface area (Å²) in [4.78, 5) is 15.8. The number of amides is 1. The summed E-state index contributed by atoms with van der Waals surface area (Å²) in [6.45, 7) is 6.27. The maximum absolute atomic E-state index is 12.3. The van der Waals surface area contributed by atoms with E-state index < -0.39 is 21.3 Å². The van der Waals surface area contributed by atoms with Crippen molar-refractivity contribution in [2.24, 2.45) is 0 Å². The summed E-state index contributed by atoms with van der Waals surface area (Å²) in [6, 6.07) is 7.52. The third-order valence-electron chi connectivity index (χ3n) is 5.02. The van der Waals surface area contributed by atoms with Crippen molar-refractivity contribution in [2.45, 2.75) is 18.3 Å². The van der Waals surface area contributed by atoms with Gasteiger partial charge in [0.25, 0.3) is 5.91 Å². The van der Waals surface area contributed by atoms with Crippen LogP contribution in [0.3, 0.4) is 0 Å². The quantitative estimate of drug-likeness (QED) is 0.600. The summed E-state index contributed by atoms with van der Waals surface area (Å²) >= 11 is 6.06. The van der Waals surface area contributed by atoms with Crippen LogP contribution in [0.25, 0.3) is 0 Å². The summed E-state index contributed by atoms with van der Waals surface area (Å²) in [7, 11) is -3.14. The van der Waals surface area contributed by atoms with Crippen LogP contribution in [0, 0.1) is 0 Å². The van der Waals surface area contributed by atoms with Gasteiger partial charge in [-0.15, -0.1) is 11.6 Å². The molecule has 0 radical (unpaired) electrons. The van der Waals surface area contributed by atoms with Crippen LogP contribution in [-0.2, 0) is 14.6 Å². The molecule has 1 amide bonds. The van der Waals surface area contributed by atoms with Crippen molar-refractivity contribution in [3.8, 4) is 5.75 Å². The van der Waals surface area contributed by atoms with Gasteiger partial charge in [0.1, 0.15) is 5.75 Å². The molecule has 3 rings (SSSR count). The van der Waals surface area contributed by atoms with E-state index in [1.165, 1.54) is 4.90 Å². The van der Waals surface area contributed by atoms with E-state index in [1.54, 1.807) is 0 Å². The Morgan fingerprint density at radius 1 is 1.30 bits per heavy atom. The molecule has 2 aliphatic rings. The van der Waals surface area contributed by atoms with Gasteiger partial charge in [-0.25, -0.2) is 8.42 Å². The molecule has 2 aliphatic heterocycles. The molecule has 1 aromatic rings. The molecule has 1 aromatic carbocycles. The van der Waals surface area contributed by atoms with E-state index in [-0.39, 0.29) is 17.4 Å². The average Bonchev–Trinajstić information content (AvgIpc) is 2.88. The highest BCUT2D eigenvalue weighted by molar-refractivity contribution is 7.91. The van der Waals surface area contributed by atoms with Crippen molar-refractivity contribution >= 4 is 33.0 Å². The second-order valence-electron chi connectivity index (χ2n) is 7.08. The maximum atomic E-state index is 12.3. The van der Waals surface area contributed by atoms with Crippen LogP contribution in [0.2, 0.25) is 0 Å². The number of piperazine rings is 1. The van der Waals surface area contributed by atoms with Gasteiger partial charge in [0, 0.05) is 0 Å². The van der Waals surface area contributed by atoms with Crippen LogP contribution in [0.1, 0.15) is 6.92 Å². The minimum Gasteiger partial charge on any atom is -0.492 e. The van der Waals surface area contributed by atoms with Crippen molar-refractivity contribution in [3.63, 3.8) is 0 Å². The van der Waals surface area contributed by atoms with Crippen molar-refractivity contribution in [3.05, 3.63) is 24.3 Å². The lowest BCUT2D eigenvalue weighted by molar-refractivity contribution is -0.892. The number of sulfone groups is 1. The van der Waals surface area contributed by atoms with E-state index in [1.807, 2.05) is 25.1 Å². The Bertz CT molecular complexity index is 766. The van der Waals surface area contributed by atoms with E-state index in [9.17, 15) is 13.2 Å². The molecule has 150 valence electrons. The smallest absolute Gasteiger partial charge is 0.275 e. The molecule has 27 heavy (non-hydrogen) atoms. The number of anilines is 1. The third kappa shape index (κ3) is 5.27. The number of para-hydroxylation sites is 2. The van der Waals surface area contributed by atoms with Gasteiger partial charge in [-0.1, -0.05) is 12.1 Å². The fourth-order valence-corrected chi connectivity index (χ4v) is 6.21. The van der Waals surface area contributed by atoms with Gasteiger partial charge in [-0.3, -0.25) is 4.79 Å². The molecular weight excluding hydrogens is 390 g/mol. The SMILES string of the molecule is CCOc1ccccc1N1CC[NH+](CC(=O)N[C@@H]2CS(=O)(=O)C[C@H]2Cl)CC1. The summed E-state index contributed by atoms with van der Waals surface area (Å²) in [5.41, 5.74) is 1.09. The number of rotatable bonds is 6. The molecule has 0 unspecified atom stereocenters. The number of alkyl halides is 1. The number of benzene rings is 1. The van der Waals surface area contributed by atoms with Gasteiger partial charge in [0.05, 0.1) is 61.4 Å². The zero-order valence-corrected chi connectivity index (χ0v) is 17.1. The Morgan fingerprint density at radius 3 is 2.63 bits per heavy atom. The average molecular weight is 417 g/mol. The molecule has 0 aromatic heterocycles. The molecule has 0 bridgehead atoms. The largest absolute Gasteiger partial charge is 0.492 e. The topological polar surface area (TPSA) is 80.2 Å². The molecule has 2 heterocycles. The predicted octanol–water partition coefficient (Wildman–Crippen LogP) is -0.689. The van der Waals surface area contributed by atoms with E-state index >= 15 is 0 Å². The monoisotopic (exact) mass is 416 g/mol.